The molecule has 2 aromatic rings. The third kappa shape index (κ3) is 8.35. The molecule has 0 aliphatic heterocycles. The van der Waals surface area contributed by atoms with Crippen LogP contribution in [0.1, 0.15) is 37.1 Å². The molecule has 0 bridgehead atoms. The molecule has 0 aliphatic carbocycles. The lowest BCUT2D eigenvalue weighted by molar-refractivity contribution is -0.387. The van der Waals surface area contributed by atoms with E-state index in [2.05, 4.69) is 31.0 Å². The Hall–Kier alpha value is -2.37. The van der Waals surface area contributed by atoms with Gasteiger partial charge in [-0.3, -0.25) is 19.9 Å². The van der Waals surface area contributed by atoms with E-state index in [1.165, 1.54) is 18.2 Å². The van der Waals surface area contributed by atoms with Crippen molar-refractivity contribution >= 4 is 37.5 Å². The number of unbranched alkanes of at least 4 members (excludes halogenated alkanes) is 3. The highest BCUT2D eigenvalue weighted by Gasteiger charge is 2.24. The largest absolute Gasteiger partial charge is 0.355 e. The average Bonchev–Trinajstić information content (AvgIpc) is 2.77. The molecule has 1 amide bonds. The number of para-hydroxylation sites is 1. The Labute approximate surface area is 190 Å². The Kier molecular flexibility index (Phi) is 10.0. The summed E-state index contributed by atoms with van der Waals surface area (Å²) in [5, 5.41) is 14.2. The van der Waals surface area contributed by atoms with E-state index in [1.54, 1.807) is 6.07 Å². The van der Waals surface area contributed by atoms with Crippen LogP contribution in [-0.2, 0) is 27.8 Å². The minimum absolute atomic E-state index is 0.0153. The third-order valence-corrected chi connectivity index (χ3v) is 6.42. The molecule has 2 N–H and O–H groups in total. The molecule has 0 spiro atoms. The number of carbonyl (C=O) groups is 1. The first-order valence-corrected chi connectivity index (χ1v) is 12.4. The number of carbonyl (C=O) groups excluding carboxylic acids is 1. The molecule has 0 radical (unpaired) electrons. The number of aromatic nitrogens is 1. The Bertz CT molecular complexity index is 1000. The lowest BCUT2D eigenvalue weighted by Crippen LogP contribution is -2.25. The van der Waals surface area contributed by atoms with Gasteiger partial charge in [-0.15, -0.1) is 0 Å². The number of nitro benzene ring substituents is 1. The fourth-order valence-electron chi connectivity index (χ4n) is 2.91. The maximum Gasteiger partial charge on any atom is 0.289 e. The molecule has 1 aromatic heterocycles. The van der Waals surface area contributed by atoms with Crippen LogP contribution in [0.3, 0.4) is 0 Å². The smallest absolute Gasteiger partial charge is 0.289 e. The lowest BCUT2D eigenvalue weighted by atomic mass is 10.1. The lowest BCUT2D eigenvalue weighted by Gasteiger charge is -2.08. The summed E-state index contributed by atoms with van der Waals surface area (Å²) >= 11 is 3.10. The summed E-state index contributed by atoms with van der Waals surface area (Å²) in [4.78, 5) is 25.6. The summed E-state index contributed by atoms with van der Waals surface area (Å²) in [7, 11) is -4.05. The maximum absolute atomic E-state index is 12.5. The fourth-order valence-corrected chi connectivity index (χ4v) is 4.28. The highest BCUT2D eigenvalue weighted by molar-refractivity contribution is 9.09. The van der Waals surface area contributed by atoms with Crippen molar-refractivity contribution in [1.82, 2.24) is 15.0 Å². The summed E-state index contributed by atoms with van der Waals surface area (Å²) in [6, 6.07) is 10.6. The van der Waals surface area contributed by atoms with Gasteiger partial charge in [0.25, 0.3) is 5.69 Å². The number of sulfonamides is 1. The second-order valence-electron chi connectivity index (χ2n) is 6.82. The van der Waals surface area contributed by atoms with Gasteiger partial charge in [-0.1, -0.05) is 47.0 Å². The number of pyridine rings is 1. The van der Waals surface area contributed by atoms with Gasteiger partial charge in [-0.2, -0.15) is 0 Å². The Balaban J connectivity index is 1.83. The number of benzene rings is 1. The number of aryl methyl sites for hydroxylation is 1. The van der Waals surface area contributed by atoms with Crippen LogP contribution in [-0.4, -0.2) is 36.1 Å². The molecule has 2 rings (SSSR count). The first-order chi connectivity index (χ1) is 14.8. The van der Waals surface area contributed by atoms with Gasteiger partial charge in [0.15, 0.2) is 4.90 Å². The van der Waals surface area contributed by atoms with Crippen molar-refractivity contribution in [2.75, 3.05) is 11.9 Å². The second-order valence-corrected chi connectivity index (χ2v) is 9.11. The van der Waals surface area contributed by atoms with Gasteiger partial charge in [0.1, 0.15) is 0 Å². The number of halogens is 1. The quantitative estimate of drug-likeness (QED) is 0.183. The fraction of sp³-hybridized carbons (Fsp3) is 0.400. The van der Waals surface area contributed by atoms with E-state index in [1.807, 2.05) is 12.1 Å². The van der Waals surface area contributed by atoms with Gasteiger partial charge in [0.2, 0.25) is 15.9 Å². The van der Waals surface area contributed by atoms with Gasteiger partial charge in [-0.25, -0.2) is 13.1 Å². The van der Waals surface area contributed by atoms with Crippen molar-refractivity contribution in [3.8, 4) is 0 Å². The van der Waals surface area contributed by atoms with Gasteiger partial charge in [0, 0.05) is 18.3 Å². The number of nitrogens with zero attached hydrogens (tertiary/aromatic N) is 2. The second kappa shape index (κ2) is 12.5. The van der Waals surface area contributed by atoms with E-state index in [0.29, 0.717) is 17.6 Å². The zero-order chi connectivity index (χ0) is 22.7. The highest BCUT2D eigenvalue weighted by atomic mass is 79.9. The zero-order valence-electron chi connectivity index (χ0n) is 16.9. The monoisotopic (exact) mass is 512 g/mol. The van der Waals surface area contributed by atoms with E-state index in [-0.39, 0.29) is 17.3 Å². The Morgan fingerprint density at radius 2 is 1.74 bits per heavy atom. The van der Waals surface area contributed by atoms with Crippen LogP contribution in [0.2, 0.25) is 0 Å². The van der Waals surface area contributed by atoms with Crippen LogP contribution in [0.5, 0.6) is 0 Å². The van der Waals surface area contributed by atoms with Crippen LogP contribution in [0, 0.1) is 10.1 Å². The van der Waals surface area contributed by atoms with Gasteiger partial charge < -0.3 is 5.32 Å². The summed E-state index contributed by atoms with van der Waals surface area (Å²) < 4.78 is 27.4. The van der Waals surface area contributed by atoms with E-state index in [0.717, 1.165) is 43.9 Å². The predicted octanol–water partition coefficient (Wildman–Crippen LogP) is 3.08. The molecule has 31 heavy (non-hydrogen) atoms. The number of hydrogen-bond donors (Lipinski definition) is 2. The van der Waals surface area contributed by atoms with Crippen molar-refractivity contribution in [3.63, 3.8) is 0 Å². The molecule has 0 unspecified atom stereocenters. The topological polar surface area (TPSA) is 131 Å². The highest BCUT2D eigenvalue weighted by Crippen LogP contribution is 2.22. The summed E-state index contributed by atoms with van der Waals surface area (Å²) in [5.74, 6) is -0.0153. The molecule has 0 saturated carbocycles. The molecule has 11 heteroatoms. The van der Waals surface area contributed by atoms with Crippen molar-refractivity contribution in [1.29, 1.82) is 0 Å². The van der Waals surface area contributed by atoms with E-state index < -0.39 is 20.6 Å². The Morgan fingerprint density at radius 1 is 1.03 bits per heavy atom. The zero-order valence-corrected chi connectivity index (χ0v) is 19.3. The van der Waals surface area contributed by atoms with Crippen LogP contribution >= 0.6 is 15.9 Å². The standard InChI is InChI=1S/C20H25BrN4O5S/c21-14-20(26)22-13-6-2-1-3-8-16-9-7-10-17(24-16)15-23-31(29,30)19-12-5-4-11-18(19)25(27)28/h4-5,7,9-12,23H,1-3,6,8,13-15H2,(H,22,26). The normalized spacial score (nSPS) is 11.3. The van der Waals surface area contributed by atoms with E-state index in [4.69, 9.17) is 0 Å². The molecular weight excluding hydrogens is 488 g/mol. The SMILES string of the molecule is O=C(CBr)NCCCCCCc1cccc(CNS(=O)(=O)c2ccccc2[N+](=O)[O-])n1. The first-order valence-electron chi connectivity index (χ1n) is 9.84. The number of alkyl halides is 1. The maximum atomic E-state index is 12.5. The molecule has 1 heterocycles. The summed E-state index contributed by atoms with van der Waals surface area (Å²) in [6.45, 7) is 0.605. The van der Waals surface area contributed by atoms with Crippen LogP contribution in [0.25, 0.3) is 0 Å². The third-order valence-electron chi connectivity index (χ3n) is 4.46. The molecule has 168 valence electrons. The minimum Gasteiger partial charge on any atom is -0.355 e. The number of amides is 1. The van der Waals surface area contributed by atoms with Gasteiger partial charge >= 0.3 is 0 Å². The molecule has 0 atom stereocenters. The molecular formula is C20H25BrN4O5S. The molecule has 0 aliphatic rings. The molecule has 9 nitrogen and oxygen atoms in total. The van der Waals surface area contributed by atoms with Crippen molar-refractivity contribution < 1.29 is 18.1 Å². The van der Waals surface area contributed by atoms with Crippen molar-refractivity contribution in [2.45, 2.75) is 43.5 Å². The number of rotatable bonds is 13. The minimum atomic E-state index is -4.05. The average molecular weight is 513 g/mol. The van der Waals surface area contributed by atoms with Crippen LogP contribution < -0.4 is 10.0 Å². The van der Waals surface area contributed by atoms with Crippen molar-refractivity contribution in [2.24, 2.45) is 0 Å². The number of hydrogen-bond acceptors (Lipinski definition) is 6. The van der Waals surface area contributed by atoms with E-state index >= 15 is 0 Å². The van der Waals surface area contributed by atoms with E-state index in [9.17, 15) is 23.3 Å². The molecule has 0 saturated heterocycles. The number of nitro groups is 1. The molecule has 1 aromatic carbocycles. The van der Waals surface area contributed by atoms with Gasteiger partial charge in [-0.05, 0) is 37.5 Å². The first kappa shape index (κ1) is 24.9. The molecule has 0 fully saturated rings. The summed E-state index contributed by atoms with van der Waals surface area (Å²) in [5.41, 5.74) is 0.926. The summed E-state index contributed by atoms with van der Waals surface area (Å²) in [6.07, 6.45) is 4.61. The Morgan fingerprint density at radius 3 is 2.48 bits per heavy atom. The predicted molar refractivity (Wildman–Crippen MR) is 120 cm³/mol. The number of nitrogens with one attached hydrogen (secondary N) is 2. The van der Waals surface area contributed by atoms with Crippen LogP contribution in [0.4, 0.5) is 5.69 Å². The van der Waals surface area contributed by atoms with Gasteiger partial charge in [0.05, 0.1) is 22.5 Å². The van der Waals surface area contributed by atoms with Crippen molar-refractivity contribution in [3.05, 3.63) is 64.0 Å². The van der Waals surface area contributed by atoms with Crippen LogP contribution in [0.15, 0.2) is 47.4 Å².